The van der Waals surface area contributed by atoms with E-state index in [1.165, 1.54) is 23.3 Å². The molecule has 4 rings (SSSR count). The largest absolute Gasteiger partial charge is 0.511 e. The molecule has 26 heavy (non-hydrogen) atoms. The number of ether oxygens (including phenoxy) is 1. The van der Waals surface area contributed by atoms with E-state index in [2.05, 4.69) is 9.72 Å². The highest BCUT2D eigenvalue weighted by molar-refractivity contribution is 5.87. The number of carbonyl (C=O) groups is 1. The second kappa shape index (κ2) is 5.69. The summed E-state index contributed by atoms with van der Waals surface area (Å²) in [7, 11) is 0. The zero-order chi connectivity index (χ0) is 18.4. The molecule has 0 aliphatic heterocycles. The van der Waals surface area contributed by atoms with E-state index in [0.29, 0.717) is 5.52 Å². The van der Waals surface area contributed by atoms with Crippen molar-refractivity contribution in [2.75, 3.05) is 0 Å². The number of aromatic nitrogens is 3. The molecule has 2 aromatic heterocycles. The average Bonchev–Trinajstić information content (AvgIpc) is 3.29. The van der Waals surface area contributed by atoms with Gasteiger partial charge < -0.3 is 19.0 Å². The first-order valence-electron chi connectivity index (χ1n) is 7.72. The summed E-state index contributed by atoms with van der Waals surface area (Å²) in [5.41, 5.74) is -0.257. The van der Waals surface area contributed by atoms with Gasteiger partial charge in [-0.15, -0.1) is 0 Å². The number of nitro groups is 1. The number of benzene rings is 1. The molecule has 0 spiro atoms. The fourth-order valence-electron chi connectivity index (χ4n) is 2.92. The van der Waals surface area contributed by atoms with Gasteiger partial charge in [0.2, 0.25) is 5.43 Å². The molecular formula is C16H12N4O6. The number of carboxylic acid groups (broad SMARTS) is 1. The summed E-state index contributed by atoms with van der Waals surface area (Å²) in [6.45, 7) is 0. The van der Waals surface area contributed by atoms with Gasteiger partial charge in [0, 0.05) is 24.5 Å². The number of fused-ring (bicyclic) bond motifs is 1. The van der Waals surface area contributed by atoms with Gasteiger partial charge in [0.25, 0.3) is 5.69 Å². The van der Waals surface area contributed by atoms with Crippen molar-refractivity contribution in [3.8, 4) is 11.4 Å². The molecule has 1 aliphatic carbocycles. The van der Waals surface area contributed by atoms with Crippen LogP contribution in [0.2, 0.25) is 0 Å². The summed E-state index contributed by atoms with van der Waals surface area (Å²) in [4.78, 5) is 38.2. The molecule has 1 aliphatic rings. The van der Waals surface area contributed by atoms with Crippen LogP contribution in [-0.2, 0) is 0 Å². The van der Waals surface area contributed by atoms with Gasteiger partial charge in [-0.2, -0.15) is 0 Å². The minimum Gasteiger partial charge on any atom is -0.449 e. The van der Waals surface area contributed by atoms with Crippen LogP contribution in [0.5, 0.6) is 5.75 Å². The van der Waals surface area contributed by atoms with Crippen LogP contribution in [0.3, 0.4) is 0 Å². The van der Waals surface area contributed by atoms with E-state index in [4.69, 9.17) is 5.11 Å². The Morgan fingerprint density at radius 2 is 2.15 bits per heavy atom. The van der Waals surface area contributed by atoms with Crippen molar-refractivity contribution in [3.63, 3.8) is 0 Å². The topological polar surface area (TPSA) is 129 Å². The molecule has 1 N–H and O–H groups in total. The number of nitro benzene ring substituents is 1. The monoisotopic (exact) mass is 356 g/mol. The molecule has 0 radical (unpaired) electrons. The van der Waals surface area contributed by atoms with Crippen LogP contribution in [0.15, 0.2) is 41.8 Å². The molecule has 3 aromatic rings. The van der Waals surface area contributed by atoms with Crippen molar-refractivity contribution in [3.05, 3.63) is 57.4 Å². The molecule has 1 aromatic carbocycles. The maximum atomic E-state index is 12.6. The molecule has 10 heteroatoms. The first kappa shape index (κ1) is 15.8. The fourth-order valence-corrected chi connectivity index (χ4v) is 2.92. The molecule has 0 atom stereocenters. The molecule has 1 saturated carbocycles. The predicted molar refractivity (Wildman–Crippen MR) is 88.9 cm³/mol. The van der Waals surface area contributed by atoms with Gasteiger partial charge in [0.15, 0.2) is 5.75 Å². The number of nitrogens with zero attached hydrogens (tertiary/aromatic N) is 4. The molecule has 0 bridgehead atoms. The third-order valence-corrected chi connectivity index (χ3v) is 4.21. The highest BCUT2D eigenvalue weighted by Crippen LogP contribution is 2.39. The lowest BCUT2D eigenvalue weighted by molar-refractivity contribution is -0.384. The Balaban J connectivity index is 2.06. The van der Waals surface area contributed by atoms with Crippen molar-refractivity contribution < 1.29 is 19.6 Å². The number of imidazole rings is 1. The Labute approximate surface area is 145 Å². The second-order valence-electron chi connectivity index (χ2n) is 5.91. The first-order valence-corrected chi connectivity index (χ1v) is 7.72. The number of hydrogen-bond acceptors (Lipinski definition) is 6. The molecule has 132 valence electrons. The van der Waals surface area contributed by atoms with Gasteiger partial charge in [0.1, 0.15) is 5.69 Å². The highest BCUT2D eigenvalue weighted by atomic mass is 16.7. The van der Waals surface area contributed by atoms with Gasteiger partial charge in [0.05, 0.1) is 28.4 Å². The van der Waals surface area contributed by atoms with Crippen molar-refractivity contribution in [1.29, 1.82) is 0 Å². The summed E-state index contributed by atoms with van der Waals surface area (Å²) >= 11 is 0. The lowest BCUT2D eigenvalue weighted by Gasteiger charge is -2.14. The summed E-state index contributed by atoms with van der Waals surface area (Å²) in [5.74, 6) is -0.374. The van der Waals surface area contributed by atoms with Crippen molar-refractivity contribution in [2.24, 2.45) is 0 Å². The van der Waals surface area contributed by atoms with Gasteiger partial charge in [-0.1, -0.05) is 0 Å². The van der Waals surface area contributed by atoms with E-state index in [1.807, 2.05) is 0 Å². The summed E-state index contributed by atoms with van der Waals surface area (Å²) < 4.78 is 7.80. The van der Waals surface area contributed by atoms with E-state index in [9.17, 15) is 19.7 Å². The SMILES string of the molecule is O=C(O)Oc1cn(C2CC2)c2cc(-n3ccnc3)c([N+](=O)[O-])cc2c1=O. The average molecular weight is 356 g/mol. The lowest BCUT2D eigenvalue weighted by Crippen LogP contribution is -2.16. The predicted octanol–water partition coefficient (Wildman–Crippen LogP) is 2.49. The standard InChI is InChI=1S/C16H12N4O6/c21-15-10-5-13(20(24)25)12(18-4-3-17-8-18)6-11(10)19(9-1-2-9)7-14(15)26-16(22)23/h3-9H,1-2H2,(H,22,23). The molecule has 0 saturated heterocycles. The molecule has 10 nitrogen and oxygen atoms in total. The Morgan fingerprint density at radius 3 is 2.73 bits per heavy atom. The minimum atomic E-state index is -1.62. The third-order valence-electron chi connectivity index (χ3n) is 4.21. The highest BCUT2D eigenvalue weighted by Gasteiger charge is 2.28. The lowest BCUT2D eigenvalue weighted by atomic mass is 10.1. The third kappa shape index (κ3) is 2.57. The summed E-state index contributed by atoms with van der Waals surface area (Å²) in [6, 6.07) is 2.78. The molecule has 0 unspecified atom stereocenters. The van der Waals surface area contributed by atoms with Crippen LogP contribution in [-0.4, -0.2) is 30.3 Å². The molecular weight excluding hydrogens is 344 g/mol. The number of rotatable bonds is 4. The molecule has 0 amide bonds. The van der Waals surface area contributed by atoms with Crippen molar-refractivity contribution in [1.82, 2.24) is 14.1 Å². The van der Waals surface area contributed by atoms with E-state index >= 15 is 0 Å². The van der Waals surface area contributed by atoms with Gasteiger partial charge in [-0.05, 0) is 18.9 Å². The maximum absolute atomic E-state index is 12.6. The van der Waals surface area contributed by atoms with E-state index < -0.39 is 16.5 Å². The van der Waals surface area contributed by atoms with Crippen LogP contribution >= 0.6 is 0 Å². The van der Waals surface area contributed by atoms with Crippen LogP contribution in [0.4, 0.5) is 10.5 Å². The Hall–Kier alpha value is -3.69. The van der Waals surface area contributed by atoms with Crippen LogP contribution < -0.4 is 10.2 Å². The van der Waals surface area contributed by atoms with Crippen LogP contribution in [0.1, 0.15) is 18.9 Å². The van der Waals surface area contributed by atoms with E-state index in [0.717, 1.165) is 18.9 Å². The first-order chi connectivity index (χ1) is 12.5. The number of pyridine rings is 1. The van der Waals surface area contributed by atoms with Crippen molar-refractivity contribution >= 4 is 22.7 Å². The van der Waals surface area contributed by atoms with Gasteiger partial charge >= 0.3 is 6.16 Å². The zero-order valence-corrected chi connectivity index (χ0v) is 13.2. The Morgan fingerprint density at radius 1 is 1.38 bits per heavy atom. The maximum Gasteiger partial charge on any atom is 0.511 e. The minimum absolute atomic E-state index is 0.0335. The summed E-state index contributed by atoms with van der Waals surface area (Å²) in [5, 5.41) is 20.4. The quantitative estimate of drug-likeness (QED) is 0.432. The van der Waals surface area contributed by atoms with Gasteiger partial charge in [-0.3, -0.25) is 14.9 Å². The van der Waals surface area contributed by atoms with Gasteiger partial charge in [-0.25, -0.2) is 9.78 Å². The molecule has 1 fully saturated rings. The van der Waals surface area contributed by atoms with Crippen molar-refractivity contribution in [2.45, 2.75) is 18.9 Å². The van der Waals surface area contributed by atoms with E-state index in [-0.39, 0.29) is 28.6 Å². The summed E-state index contributed by atoms with van der Waals surface area (Å²) in [6.07, 6.45) is 5.94. The molecule has 2 heterocycles. The van der Waals surface area contributed by atoms with Crippen LogP contribution in [0.25, 0.3) is 16.6 Å². The Kier molecular flexibility index (Phi) is 3.46. The second-order valence-corrected chi connectivity index (χ2v) is 5.91. The Bertz CT molecular complexity index is 1100. The smallest absolute Gasteiger partial charge is 0.449 e. The fraction of sp³-hybridized carbons (Fsp3) is 0.188. The number of hydrogen-bond donors (Lipinski definition) is 1. The zero-order valence-electron chi connectivity index (χ0n) is 13.2. The normalized spacial score (nSPS) is 13.7. The van der Waals surface area contributed by atoms with Crippen LogP contribution in [0, 0.1) is 10.1 Å². The van der Waals surface area contributed by atoms with E-state index in [1.54, 1.807) is 16.8 Å².